The summed E-state index contributed by atoms with van der Waals surface area (Å²) >= 11 is 4.71. The van der Waals surface area contributed by atoms with Crippen molar-refractivity contribution in [2.75, 3.05) is 12.9 Å². The molecule has 172 valence electrons. The quantitative estimate of drug-likeness (QED) is 0.189. The highest BCUT2D eigenvalue weighted by Crippen LogP contribution is 2.29. The fourth-order valence-electron chi connectivity index (χ4n) is 3.15. The van der Waals surface area contributed by atoms with Crippen LogP contribution >= 0.6 is 27.7 Å². The fourth-order valence-corrected chi connectivity index (χ4v) is 4.31. The van der Waals surface area contributed by atoms with Crippen molar-refractivity contribution in [2.45, 2.75) is 12.1 Å². The van der Waals surface area contributed by atoms with Gasteiger partial charge in [0.1, 0.15) is 5.75 Å². The van der Waals surface area contributed by atoms with Gasteiger partial charge in [0.2, 0.25) is 0 Å². The van der Waals surface area contributed by atoms with Crippen molar-refractivity contribution in [2.24, 2.45) is 5.10 Å². The van der Waals surface area contributed by atoms with Gasteiger partial charge < -0.3 is 4.74 Å². The van der Waals surface area contributed by atoms with Crippen LogP contribution in [0.15, 0.2) is 87.5 Å². The Hall–Kier alpha value is -3.43. The molecule has 34 heavy (non-hydrogen) atoms. The molecule has 0 saturated heterocycles. The zero-order valence-electron chi connectivity index (χ0n) is 18.6. The van der Waals surface area contributed by atoms with Gasteiger partial charge in [0.25, 0.3) is 5.91 Å². The molecule has 4 aromatic rings. The van der Waals surface area contributed by atoms with Crippen LogP contribution in [0.25, 0.3) is 17.1 Å². The number of halogens is 1. The zero-order chi connectivity index (χ0) is 23.9. The van der Waals surface area contributed by atoms with Crippen molar-refractivity contribution < 1.29 is 9.53 Å². The number of hydrazone groups is 1. The van der Waals surface area contributed by atoms with Crippen molar-refractivity contribution in [3.05, 3.63) is 88.4 Å². The molecule has 0 fully saturated rings. The average Bonchev–Trinajstić information content (AvgIpc) is 3.27. The third-order valence-corrected chi connectivity index (χ3v) is 6.28. The third kappa shape index (κ3) is 5.92. The number of nitrogens with one attached hydrogen (secondary N) is 1. The minimum atomic E-state index is -0.235. The maximum absolute atomic E-state index is 12.4. The number of hydrogen-bond donors (Lipinski definition) is 1. The summed E-state index contributed by atoms with van der Waals surface area (Å²) in [6.07, 6.45) is 1.60. The van der Waals surface area contributed by atoms with E-state index in [9.17, 15) is 4.79 Å². The van der Waals surface area contributed by atoms with Gasteiger partial charge in [0, 0.05) is 15.7 Å². The molecule has 0 radical (unpaired) electrons. The Bertz CT molecular complexity index is 1300. The molecule has 1 heterocycles. The molecule has 7 nitrogen and oxygen atoms in total. The van der Waals surface area contributed by atoms with Gasteiger partial charge in [-0.25, -0.2) is 5.43 Å². The molecule has 0 spiro atoms. The van der Waals surface area contributed by atoms with Crippen molar-refractivity contribution in [3.63, 3.8) is 0 Å². The van der Waals surface area contributed by atoms with E-state index in [0.717, 1.165) is 32.6 Å². The van der Waals surface area contributed by atoms with Crippen LogP contribution in [0.5, 0.6) is 5.75 Å². The van der Waals surface area contributed by atoms with Crippen LogP contribution in [-0.2, 0) is 4.79 Å². The van der Waals surface area contributed by atoms with Crippen LogP contribution in [-0.4, -0.2) is 39.7 Å². The molecule has 1 aromatic heterocycles. The molecule has 0 aliphatic carbocycles. The number of carbonyl (C=O) groups is 1. The van der Waals surface area contributed by atoms with Crippen molar-refractivity contribution in [1.82, 2.24) is 20.2 Å². The van der Waals surface area contributed by atoms with Crippen LogP contribution in [0.2, 0.25) is 0 Å². The standard InChI is InChI=1S/C25H22BrN5O2S/c1-17-6-10-21(11-7-17)31-24(19-8-12-22(33-2)13-9-19)29-30-25(31)34-16-23(32)28-27-15-18-4-3-5-20(26)14-18/h3-15H,16H2,1-2H3,(H,28,32). The number of methoxy groups -OCH3 is 1. The molecule has 1 N–H and O–H groups in total. The predicted molar refractivity (Wildman–Crippen MR) is 139 cm³/mol. The van der Waals surface area contributed by atoms with Crippen molar-refractivity contribution >= 4 is 39.8 Å². The molecule has 3 aromatic carbocycles. The number of benzene rings is 3. The Morgan fingerprint density at radius 3 is 2.59 bits per heavy atom. The lowest BCUT2D eigenvalue weighted by Gasteiger charge is -2.11. The van der Waals surface area contributed by atoms with E-state index in [1.165, 1.54) is 11.8 Å². The molecule has 1 amide bonds. The van der Waals surface area contributed by atoms with Crippen LogP contribution in [0.1, 0.15) is 11.1 Å². The molecule has 0 bridgehead atoms. The normalized spacial score (nSPS) is 11.0. The molecular weight excluding hydrogens is 514 g/mol. The topological polar surface area (TPSA) is 81.4 Å². The lowest BCUT2D eigenvalue weighted by atomic mass is 10.2. The first-order valence-corrected chi connectivity index (χ1v) is 12.2. The van der Waals surface area contributed by atoms with Crippen molar-refractivity contribution in [3.8, 4) is 22.8 Å². The Morgan fingerprint density at radius 2 is 1.88 bits per heavy atom. The fraction of sp³-hybridized carbons (Fsp3) is 0.120. The minimum absolute atomic E-state index is 0.141. The predicted octanol–water partition coefficient (Wildman–Crippen LogP) is 5.26. The number of carbonyl (C=O) groups excluding carboxylic acids is 1. The number of aromatic nitrogens is 3. The van der Waals surface area contributed by atoms with Crippen molar-refractivity contribution in [1.29, 1.82) is 0 Å². The summed E-state index contributed by atoms with van der Waals surface area (Å²) in [6.45, 7) is 2.04. The molecular formula is C25H22BrN5O2S. The Balaban J connectivity index is 1.52. The Labute approximate surface area is 210 Å². The first kappa shape index (κ1) is 23.7. The summed E-state index contributed by atoms with van der Waals surface area (Å²) in [7, 11) is 1.63. The molecule has 0 saturated carbocycles. The van der Waals surface area contributed by atoms with Gasteiger partial charge in [-0.15, -0.1) is 10.2 Å². The second kappa shape index (κ2) is 11.1. The largest absolute Gasteiger partial charge is 0.497 e. The van der Waals surface area contributed by atoms with Gasteiger partial charge in [-0.1, -0.05) is 57.5 Å². The van der Waals surface area contributed by atoms with Gasteiger partial charge in [0.15, 0.2) is 11.0 Å². The van der Waals surface area contributed by atoms with E-state index in [1.54, 1.807) is 13.3 Å². The number of thioether (sulfide) groups is 1. The lowest BCUT2D eigenvalue weighted by Crippen LogP contribution is -2.20. The summed E-state index contributed by atoms with van der Waals surface area (Å²) < 4.78 is 8.16. The van der Waals surface area contributed by atoms with E-state index in [1.807, 2.05) is 84.3 Å². The summed E-state index contributed by atoms with van der Waals surface area (Å²) in [5.41, 5.74) is 6.40. The van der Waals surface area contributed by atoms with E-state index < -0.39 is 0 Å². The summed E-state index contributed by atoms with van der Waals surface area (Å²) in [4.78, 5) is 12.4. The van der Waals surface area contributed by atoms with Crippen LogP contribution in [0.4, 0.5) is 0 Å². The van der Waals surface area contributed by atoms with Gasteiger partial charge in [-0.05, 0) is 61.0 Å². The average molecular weight is 536 g/mol. The number of ether oxygens (including phenoxy) is 1. The number of rotatable bonds is 8. The number of hydrogen-bond acceptors (Lipinski definition) is 6. The van der Waals surface area contributed by atoms with Gasteiger partial charge in [-0.2, -0.15) is 5.10 Å². The molecule has 0 aliphatic rings. The maximum Gasteiger partial charge on any atom is 0.250 e. The highest BCUT2D eigenvalue weighted by Gasteiger charge is 2.17. The zero-order valence-corrected chi connectivity index (χ0v) is 21.0. The van der Waals surface area contributed by atoms with E-state index in [4.69, 9.17) is 4.74 Å². The second-order valence-corrected chi connectivity index (χ2v) is 9.20. The highest BCUT2D eigenvalue weighted by atomic mass is 79.9. The van der Waals surface area contributed by atoms with E-state index in [2.05, 4.69) is 36.7 Å². The maximum atomic E-state index is 12.4. The Kier molecular flexibility index (Phi) is 7.76. The van der Waals surface area contributed by atoms with E-state index >= 15 is 0 Å². The molecule has 0 aliphatic heterocycles. The SMILES string of the molecule is COc1ccc(-c2nnc(SCC(=O)NN=Cc3cccc(Br)c3)n2-c2ccc(C)cc2)cc1. The number of nitrogens with zero attached hydrogens (tertiary/aromatic N) is 4. The third-order valence-electron chi connectivity index (χ3n) is 4.86. The number of amides is 1. The molecule has 0 unspecified atom stereocenters. The van der Waals surface area contributed by atoms with Crippen LogP contribution in [0, 0.1) is 6.92 Å². The number of aryl methyl sites for hydroxylation is 1. The van der Waals surface area contributed by atoms with Gasteiger partial charge in [0.05, 0.1) is 19.1 Å². The second-order valence-electron chi connectivity index (χ2n) is 7.34. The van der Waals surface area contributed by atoms with Gasteiger partial charge in [-0.3, -0.25) is 9.36 Å². The first-order chi connectivity index (χ1) is 16.5. The minimum Gasteiger partial charge on any atom is -0.497 e. The summed E-state index contributed by atoms with van der Waals surface area (Å²) in [5, 5.41) is 13.4. The molecule has 4 rings (SSSR count). The lowest BCUT2D eigenvalue weighted by molar-refractivity contribution is -0.118. The molecule has 0 atom stereocenters. The summed E-state index contributed by atoms with van der Waals surface area (Å²) in [6, 6.07) is 23.4. The van der Waals surface area contributed by atoms with Gasteiger partial charge >= 0.3 is 0 Å². The van der Waals surface area contributed by atoms with Crippen LogP contribution in [0.3, 0.4) is 0 Å². The highest BCUT2D eigenvalue weighted by molar-refractivity contribution is 9.10. The van der Waals surface area contributed by atoms with E-state index in [0.29, 0.717) is 11.0 Å². The van der Waals surface area contributed by atoms with E-state index in [-0.39, 0.29) is 11.7 Å². The molecule has 9 heteroatoms. The first-order valence-electron chi connectivity index (χ1n) is 10.4. The summed E-state index contributed by atoms with van der Waals surface area (Å²) in [5.74, 6) is 1.35. The van der Waals surface area contributed by atoms with Crippen LogP contribution < -0.4 is 10.2 Å². The smallest absolute Gasteiger partial charge is 0.250 e. The monoisotopic (exact) mass is 535 g/mol. The Morgan fingerprint density at radius 1 is 1.12 bits per heavy atom.